The Morgan fingerprint density at radius 1 is 0.955 bits per heavy atom. The highest BCUT2D eigenvalue weighted by molar-refractivity contribution is 7.99. The van der Waals surface area contributed by atoms with E-state index in [-0.39, 0.29) is 19.1 Å². The Labute approximate surface area is 264 Å². The van der Waals surface area contributed by atoms with Crippen molar-refractivity contribution in [2.24, 2.45) is 4.99 Å². The van der Waals surface area contributed by atoms with E-state index >= 15 is 0 Å². The fraction of sp³-hybridized carbons (Fsp3) is 0.324. The molecule has 0 aromatic heterocycles. The number of anilines is 1. The van der Waals surface area contributed by atoms with Gasteiger partial charge in [-0.3, -0.25) is 19.5 Å². The standard InChI is InChI=1S/C34H42N4O5S/c1-25(22-36-26(2)27-9-12-30(13-10-27)43-20-6-15-38(16-18-39)17-19-40)23-37-34(42)28-11-14-33(31(21-28)35-3)44-32-8-5-4-7-29(32)24-41/h4-5,7-14,21-22,24,35,39-40H,6,15-20,23H2,1-3H3,(H,37,42)/b25-22+,36-26?. The van der Waals surface area contributed by atoms with Crippen LogP contribution in [0.2, 0.25) is 0 Å². The van der Waals surface area contributed by atoms with Gasteiger partial charge in [0.2, 0.25) is 0 Å². The average Bonchev–Trinajstić information content (AvgIpc) is 3.05. The van der Waals surface area contributed by atoms with Crippen LogP contribution >= 0.6 is 11.8 Å². The molecule has 3 aromatic rings. The first-order valence-corrected chi connectivity index (χ1v) is 15.4. The van der Waals surface area contributed by atoms with Gasteiger partial charge in [0.05, 0.1) is 19.8 Å². The summed E-state index contributed by atoms with van der Waals surface area (Å²) in [5, 5.41) is 24.3. The van der Waals surface area contributed by atoms with Gasteiger partial charge in [0.1, 0.15) is 5.75 Å². The normalized spacial score (nSPS) is 11.9. The van der Waals surface area contributed by atoms with Gasteiger partial charge in [0, 0.05) is 71.7 Å². The van der Waals surface area contributed by atoms with Gasteiger partial charge < -0.3 is 25.6 Å². The number of hydrogen-bond donors (Lipinski definition) is 4. The molecule has 0 radical (unpaired) electrons. The Morgan fingerprint density at radius 3 is 2.34 bits per heavy atom. The van der Waals surface area contributed by atoms with Crippen LogP contribution in [-0.2, 0) is 0 Å². The number of aliphatic hydroxyl groups excluding tert-OH is 2. The Hall–Kier alpha value is -3.96. The van der Waals surface area contributed by atoms with Gasteiger partial charge in [-0.2, -0.15) is 0 Å². The van der Waals surface area contributed by atoms with Crippen molar-refractivity contribution < 1.29 is 24.5 Å². The highest BCUT2D eigenvalue weighted by atomic mass is 32.2. The number of benzene rings is 3. The van der Waals surface area contributed by atoms with E-state index < -0.39 is 0 Å². The lowest BCUT2D eigenvalue weighted by molar-refractivity contribution is 0.0956. The Morgan fingerprint density at radius 2 is 1.66 bits per heavy atom. The van der Waals surface area contributed by atoms with E-state index in [0.717, 1.165) is 57.3 Å². The molecular formula is C34H42N4O5S. The summed E-state index contributed by atoms with van der Waals surface area (Å²) in [7, 11) is 1.80. The van der Waals surface area contributed by atoms with Crippen LogP contribution in [0.15, 0.2) is 93.3 Å². The van der Waals surface area contributed by atoms with Crippen LogP contribution in [0.1, 0.15) is 46.5 Å². The number of aliphatic imine (C=N–C) groups is 1. The zero-order valence-corrected chi connectivity index (χ0v) is 26.4. The molecule has 3 rings (SSSR count). The van der Waals surface area contributed by atoms with Crippen LogP contribution in [-0.4, -0.2) is 86.1 Å². The molecule has 44 heavy (non-hydrogen) atoms. The van der Waals surface area contributed by atoms with Gasteiger partial charge in [-0.1, -0.05) is 30.0 Å². The number of amides is 1. The van der Waals surface area contributed by atoms with Crippen molar-refractivity contribution in [1.82, 2.24) is 10.2 Å². The van der Waals surface area contributed by atoms with Gasteiger partial charge >= 0.3 is 0 Å². The number of ether oxygens (including phenoxy) is 1. The highest BCUT2D eigenvalue weighted by Gasteiger charge is 2.12. The number of aliphatic hydroxyl groups is 2. The topological polar surface area (TPSA) is 123 Å². The number of nitrogens with zero attached hydrogens (tertiary/aromatic N) is 2. The van der Waals surface area contributed by atoms with Crippen LogP contribution in [0.4, 0.5) is 5.69 Å². The molecule has 0 bridgehead atoms. The van der Waals surface area contributed by atoms with E-state index in [1.54, 1.807) is 31.4 Å². The monoisotopic (exact) mass is 618 g/mol. The molecule has 4 N–H and O–H groups in total. The molecule has 0 aliphatic heterocycles. The fourth-order valence-electron chi connectivity index (χ4n) is 4.28. The molecular weight excluding hydrogens is 576 g/mol. The largest absolute Gasteiger partial charge is 0.494 e. The minimum atomic E-state index is -0.190. The number of rotatable bonds is 18. The second kappa shape index (κ2) is 18.6. The van der Waals surface area contributed by atoms with Crippen LogP contribution in [0, 0.1) is 0 Å². The fourth-order valence-corrected chi connectivity index (χ4v) is 5.31. The zero-order chi connectivity index (χ0) is 31.7. The number of carbonyl (C=O) groups excluding carboxylic acids is 2. The maximum absolute atomic E-state index is 12.9. The van der Waals surface area contributed by atoms with Crippen LogP contribution in [0.25, 0.3) is 0 Å². The predicted molar refractivity (Wildman–Crippen MR) is 177 cm³/mol. The van der Waals surface area contributed by atoms with Gasteiger partial charge in [-0.15, -0.1) is 0 Å². The lowest BCUT2D eigenvalue weighted by Gasteiger charge is -2.19. The Balaban J connectivity index is 1.50. The van der Waals surface area contributed by atoms with Crippen molar-refractivity contribution in [3.63, 3.8) is 0 Å². The number of hydrogen-bond acceptors (Lipinski definition) is 9. The second-order valence-electron chi connectivity index (χ2n) is 10.1. The molecule has 0 heterocycles. The summed E-state index contributed by atoms with van der Waals surface area (Å²) >= 11 is 1.47. The van der Waals surface area contributed by atoms with E-state index in [2.05, 4.69) is 15.6 Å². The third-order valence-corrected chi connectivity index (χ3v) is 7.94. The second-order valence-corrected chi connectivity index (χ2v) is 11.2. The summed E-state index contributed by atoms with van der Waals surface area (Å²) in [6, 6.07) is 20.6. The third-order valence-electron chi connectivity index (χ3n) is 6.78. The van der Waals surface area contributed by atoms with Crippen molar-refractivity contribution in [2.75, 3.05) is 58.4 Å². The molecule has 10 heteroatoms. The SMILES string of the molecule is CNc1cc(C(=O)NC/C(C)=C/N=C(C)c2ccc(OCCCN(CCO)CCO)cc2)ccc1Sc1ccccc1C=O. The molecule has 1 amide bonds. The molecule has 0 saturated carbocycles. The third kappa shape index (κ3) is 10.9. The summed E-state index contributed by atoms with van der Waals surface area (Å²) in [5.74, 6) is 0.579. The van der Waals surface area contributed by atoms with Crippen molar-refractivity contribution in [2.45, 2.75) is 30.1 Å². The molecule has 234 valence electrons. The molecule has 0 aliphatic carbocycles. The van der Waals surface area contributed by atoms with E-state index in [1.807, 2.05) is 67.3 Å². The van der Waals surface area contributed by atoms with Gasteiger partial charge in [0.25, 0.3) is 5.91 Å². The first-order valence-electron chi connectivity index (χ1n) is 14.6. The summed E-state index contributed by atoms with van der Waals surface area (Å²) in [6.45, 7) is 6.72. The first kappa shape index (κ1) is 34.5. The van der Waals surface area contributed by atoms with Gasteiger partial charge in [0.15, 0.2) is 6.29 Å². The van der Waals surface area contributed by atoms with Crippen molar-refractivity contribution in [3.05, 3.63) is 95.2 Å². The predicted octanol–water partition coefficient (Wildman–Crippen LogP) is 4.89. The maximum Gasteiger partial charge on any atom is 0.251 e. The average molecular weight is 619 g/mol. The lowest BCUT2D eigenvalue weighted by Crippen LogP contribution is -2.31. The summed E-state index contributed by atoms with van der Waals surface area (Å²) in [4.78, 5) is 32.6. The van der Waals surface area contributed by atoms with Crippen molar-refractivity contribution in [1.29, 1.82) is 0 Å². The van der Waals surface area contributed by atoms with Crippen LogP contribution in [0.5, 0.6) is 5.75 Å². The smallest absolute Gasteiger partial charge is 0.251 e. The molecule has 9 nitrogen and oxygen atoms in total. The van der Waals surface area contributed by atoms with Crippen molar-refractivity contribution >= 4 is 35.4 Å². The molecule has 0 fully saturated rings. The van der Waals surface area contributed by atoms with Crippen molar-refractivity contribution in [3.8, 4) is 5.75 Å². The summed E-state index contributed by atoms with van der Waals surface area (Å²) in [6.07, 6.45) is 3.39. The quantitative estimate of drug-likeness (QED) is 0.0903. The molecule has 0 saturated heterocycles. The molecule has 0 spiro atoms. The summed E-state index contributed by atoms with van der Waals surface area (Å²) < 4.78 is 5.83. The number of aldehydes is 1. The lowest BCUT2D eigenvalue weighted by atomic mass is 10.1. The van der Waals surface area contributed by atoms with Crippen LogP contribution < -0.4 is 15.4 Å². The van der Waals surface area contributed by atoms with Crippen LogP contribution in [0.3, 0.4) is 0 Å². The van der Waals surface area contributed by atoms with E-state index in [0.29, 0.717) is 37.4 Å². The minimum Gasteiger partial charge on any atom is -0.494 e. The Kier molecular flexibility index (Phi) is 14.6. The molecule has 0 atom stereocenters. The maximum atomic E-state index is 12.9. The van der Waals surface area contributed by atoms with E-state index in [4.69, 9.17) is 14.9 Å². The summed E-state index contributed by atoms with van der Waals surface area (Å²) in [5.41, 5.74) is 4.67. The molecule has 0 unspecified atom stereocenters. The number of carbonyl (C=O) groups is 2. The van der Waals surface area contributed by atoms with E-state index in [9.17, 15) is 9.59 Å². The minimum absolute atomic E-state index is 0.0696. The molecule has 0 aliphatic rings. The molecule has 3 aromatic carbocycles. The number of nitrogens with one attached hydrogen (secondary N) is 2. The van der Waals surface area contributed by atoms with E-state index in [1.165, 1.54) is 11.8 Å². The Bertz CT molecular complexity index is 1420. The zero-order valence-electron chi connectivity index (χ0n) is 25.6. The first-order chi connectivity index (χ1) is 21.4. The van der Waals surface area contributed by atoms with Gasteiger partial charge in [-0.25, -0.2) is 0 Å². The highest BCUT2D eigenvalue weighted by Crippen LogP contribution is 2.35. The van der Waals surface area contributed by atoms with Gasteiger partial charge in [-0.05, 0) is 79.9 Å².